The molecule has 2 aromatic rings. The minimum atomic E-state index is -2.73. The molecule has 3 aliphatic rings. The average molecular weight is 676 g/mol. The molecule has 0 unspecified atom stereocenters. The molecule has 1 heterocycles. The van der Waals surface area contributed by atoms with Gasteiger partial charge in [-0.2, -0.15) is 0 Å². The molecule has 0 aliphatic heterocycles. The number of benzene rings is 1. The molecule has 3 aliphatic carbocycles. The van der Waals surface area contributed by atoms with Gasteiger partial charge in [-0.15, -0.1) is 0 Å². The van der Waals surface area contributed by atoms with Crippen molar-refractivity contribution in [3.8, 4) is 5.75 Å². The number of ketones is 2. The van der Waals surface area contributed by atoms with Crippen LogP contribution in [0.3, 0.4) is 0 Å². The van der Waals surface area contributed by atoms with Gasteiger partial charge < -0.3 is 36.0 Å². The summed E-state index contributed by atoms with van der Waals surface area (Å²) in [6.45, 7) is 6.11. The fourth-order valence-corrected chi connectivity index (χ4v) is 7.18. The van der Waals surface area contributed by atoms with E-state index in [9.17, 15) is 34.5 Å². The number of primary amides is 1. The van der Waals surface area contributed by atoms with Crippen molar-refractivity contribution >= 4 is 40.8 Å². The van der Waals surface area contributed by atoms with Crippen molar-refractivity contribution < 1.29 is 39.2 Å². The lowest BCUT2D eigenvalue weighted by Crippen LogP contribution is -2.65. The minimum Gasteiger partial charge on any atom is -0.508 e. The van der Waals surface area contributed by atoms with E-state index in [1.807, 2.05) is 51.1 Å². The zero-order valence-electron chi connectivity index (χ0n) is 29.0. The van der Waals surface area contributed by atoms with Gasteiger partial charge in [0.2, 0.25) is 11.7 Å². The third-order valence-corrected chi connectivity index (χ3v) is 9.55. The smallest absolute Gasteiger partial charge is 0.255 e. The predicted octanol–water partition coefficient (Wildman–Crippen LogP) is 3.06. The molecule has 13 heteroatoms. The summed E-state index contributed by atoms with van der Waals surface area (Å²) in [6, 6.07) is 8.07. The number of fused-ring (bicyclic) bond motifs is 3. The number of anilines is 2. The Labute approximate surface area is 285 Å². The second-order valence-corrected chi connectivity index (χ2v) is 14.7. The van der Waals surface area contributed by atoms with Crippen molar-refractivity contribution in [2.45, 2.75) is 64.7 Å². The van der Waals surface area contributed by atoms with Crippen molar-refractivity contribution in [1.82, 2.24) is 9.88 Å². The highest BCUT2D eigenvalue weighted by Crippen LogP contribution is 2.54. The van der Waals surface area contributed by atoms with E-state index in [4.69, 9.17) is 15.5 Å². The number of aliphatic hydroxyl groups is 3. The number of hydrogen-bond donors (Lipinski definition) is 5. The lowest BCUT2D eigenvalue weighted by Gasteiger charge is -2.50. The summed E-state index contributed by atoms with van der Waals surface area (Å²) >= 11 is 0. The summed E-state index contributed by atoms with van der Waals surface area (Å²) in [4.78, 5) is 61.5. The molecule has 49 heavy (non-hydrogen) atoms. The van der Waals surface area contributed by atoms with Crippen LogP contribution in [-0.2, 0) is 32.2 Å². The summed E-state index contributed by atoms with van der Waals surface area (Å²) in [5.41, 5.74) is 3.01. The van der Waals surface area contributed by atoms with Gasteiger partial charge in [-0.3, -0.25) is 24.1 Å². The van der Waals surface area contributed by atoms with Crippen LogP contribution in [0.2, 0.25) is 0 Å². The van der Waals surface area contributed by atoms with Crippen LogP contribution in [0.15, 0.2) is 47.2 Å². The second-order valence-electron chi connectivity index (χ2n) is 14.7. The molecule has 6 N–H and O–H groups in total. The van der Waals surface area contributed by atoms with Gasteiger partial charge in [-0.25, -0.2) is 4.98 Å². The number of rotatable bonds is 9. The van der Waals surface area contributed by atoms with Gasteiger partial charge in [-0.1, -0.05) is 51.1 Å². The number of carbonyl (C=O) groups is 4. The van der Waals surface area contributed by atoms with Crippen molar-refractivity contribution in [3.05, 3.63) is 63.9 Å². The maximum absolute atomic E-state index is 14.5. The number of nitrogens with two attached hydrogens (primary N) is 1. The van der Waals surface area contributed by atoms with E-state index in [0.717, 1.165) is 5.56 Å². The zero-order valence-corrected chi connectivity index (χ0v) is 29.0. The number of pyridine rings is 1. The molecule has 262 valence electrons. The quantitative estimate of drug-likeness (QED) is 0.245. The monoisotopic (exact) mass is 675 g/mol. The number of carbonyl (C=O) groups excluding carboxylic acids is 4. The lowest BCUT2D eigenvalue weighted by atomic mass is 9.57. The molecule has 1 saturated carbocycles. The maximum Gasteiger partial charge on any atom is 0.255 e. The molecule has 0 spiro atoms. The first-order valence-electron chi connectivity index (χ1n) is 16.2. The molecule has 1 aromatic carbocycles. The van der Waals surface area contributed by atoms with E-state index in [0.29, 0.717) is 17.8 Å². The van der Waals surface area contributed by atoms with Gasteiger partial charge in [0.1, 0.15) is 29.5 Å². The Kier molecular flexibility index (Phi) is 9.39. The predicted molar refractivity (Wildman–Crippen MR) is 183 cm³/mol. The molecule has 4 atom stereocenters. The van der Waals surface area contributed by atoms with Gasteiger partial charge in [0.25, 0.3) is 5.91 Å². The van der Waals surface area contributed by atoms with Crippen LogP contribution >= 0.6 is 0 Å². The van der Waals surface area contributed by atoms with Crippen LogP contribution in [0, 0.1) is 17.3 Å². The fraction of sp³-hybridized carbons (Fsp3) is 0.472. The third kappa shape index (κ3) is 6.28. The summed E-state index contributed by atoms with van der Waals surface area (Å²) < 4.78 is 6.32. The number of Topliss-reactive ketones (excluding diaryl/α,β-unsaturated/α-hetero) is 2. The molecule has 2 amide bonds. The highest BCUT2D eigenvalue weighted by atomic mass is 16.5. The SMILES string of the molecule is CN(C)c1nc(NC(=O)CCC(C)(C)C)c(OCc2ccccc2)c2c1C[C@H]1C[C@H]3[C@H](N(C)C)C(=O)C(C(N)=O)=C(O)[C@@]3(O)C(=O)C1=C2O. The lowest BCUT2D eigenvalue weighted by molar-refractivity contribution is -0.153. The van der Waals surface area contributed by atoms with E-state index < -0.39 is 58.0 Å². The van der Waals surface area contributed by atoms with E-state index in [1.54, 1.807) is 33.1 Å². The Morgan fingerprint density at radius 3 is 2.33 bits per heavy atom. The largest absolute Gasteiger partial charge is 0.508 e. The van der Waals surface area contributed by atoms with Crippen LogP contribution < -0.4 is 20.7 Å². The van der Waals surface area contributed by atoms with Crippen LogP contribution in [0.1, 0.15) is 56.7 Å². The Hall–Kier alpha value is -4.75. The standard InChI is InChI=1S/C36H45N5O8/c1-35(2,3)14-13-22(42)38-33-29(49-17-18-11-9-8-10-12-18)24-20(34(39-33)41(6)7)15-19-16-21-26(40(4)5)28(44)25(32(37)47)31(46)36(21,48)30(45)23(19)27(24)43/h8-12,19,21,26,43,46,48H,13-17H2,1-7H3,(H2,37,47)(H,38,39,42)/t19-,21-,26-,36-/m0/s1. The number of hydrogen-bond acceptors (Lipinski definition) is 11. The number of nitrogens with zero attached hydrogens (tertiary/aromatic N) is 3. The van der Waals surface area contributed by atoms with Gasteiger partial charge in [0.05, 0.1) is 11.6 Å². The molecule has 5 rings (SSSR count). The number of likely N-dealkylation sites (N-methyl/N-ethyl adjacent to an activating group) is 1. The van der Waals surface area contributed by atoms with Crippen LogP contribution in [0.5, 0.6) is 5.75 Å². The van der Waals surface area contributed by atoms with Crippen molar-refractivity contribution in [2.24, 2.45) is 23.0 Å². The molecule has 0 bridgehead atoms. The second kappa shape index (κ2) is 12.9. The topological polar surface area (TPSA) is 196 Å². The van der Waals surface area contributed by atoms with E-state index in [-0.39, 0.29) is 59.9 Å². The Balaban J connectivity index is 1.72. The number of nitrogens with one attached hydrogen (secondary N) is 1. The van der Waals surface area contributed by atoms with Crippen LogP contribution in [-0.4, -0.2) is 88.4 Å². The molecular formula is C36H45N5O8. The highest BCUT2D eigenvalue weighted by Gasteiger charge is 2.64. The number of amides is 2. The van der Waals surface area contributed by atoms with Crippen LogP contribution in [0.25, 0.3) is 5.76 Å². The Bertz CT molecular complexity index is 1780. The fourth-order valence-electron chi connectivity index (χ4n) is 7.18. The molecule has 1 fully saturated rings. The van der Waals surface area contributed by atoms with Gasteiger partial charge >= 0.3 is 0 Å². The molecule has 13 nitrogen and oxygen atoms in total. The van der Waals surface area contributed by atoms with Crippen molar-refractivity contribution in [2.75, 3.05) is 38.4 Å². The number of ether oxygens (including phenoxy) is 1. The Morgan fingerprint density at radius 2 is 1.76 bits per heavy atom. The first kappa shape index (κ1) is 35.6. The number of aliphatic hydroxyl groups excluding tert-OH is 2. The van der Waals surface area contributed by atoms with Gasteiger partial charge in [0, 0.05) is 37.6 Å². The van der Waals surface area contributed by atoms with Crippen LogP contribution in [0.4, 0.5) is 11.6 Å². The van der Waals surface area contributed by atoms with Gasteiger partial charge in [-0.05, 0) is 50.3 Å². The summed E-state index contributed by atoms with van der Waals surface area (Å²) in [5.74, 6) is -6.50. The molecular weight excluding hydrogens is 630 g/mol. The van der Waals surface area contributed by atoms with Gasteiger partial charge in [0.15, 0.2) is 23.0 Å². The zero-order chi connectivity index (χ0) is 36.2. The molecule has 0 saturated heterocycles. The maximum atomic E-state index is 14.5. The van der Waals surface area contributed by atoms with Crippen molar-refractivity contribution in [1.29, 1.82) is 0 Å². The highest BCUT2D eigenvalue weighted by molar-refractivity contribution is 6.24. The first-order valence-corrected chi connectivity index (χ1v) is 16.2. The molecule has 0 radical (unpaired) electrons. The minimum absolute atomic E-state index is 0.00979. The molecule has 1 aromatic heterocycles. The van der Waals surface area contributed by atoms with Crippen molar-refractivity contribution in [3.63, 3.8) is 0 Å². The van der Waals surface area contributed by atoms with E-state index >= 15 is 0 Å². The summed E-state index contributed by atoms with van der Waals surface area (Å²) in [6.07, 6.45) is 0.926. The van der Waals surface area contributed by atoms with E-state index in [2.05, 4.69) is 5.32 Å². The summed E-state index contributed by atoms with van der Waals surface area (Å²) in [7, 11) is 6.65. The third-order valence-electron chi connectivity index (χ3n) is 9.55. The normalized spacial score (nSPS) is 23.6. The Morgan fingerprint density at radius 1 is 1.10 bits per heavy atom. The van der Waals surface area contributed by atoms with E-state index in [1.165, 1.54) is 4.90 Å². The number of aromatic nitrogens is 1. The first-order chi connectivity index (χ1) is 22.9. The average Bonchev–Trinajstić information content (AvgIpc) is 3.01. The summed E-state index contributed by atoms with van der Waals surface area (Å²) in [5, 5.41) is 38.2.